The normalized spacial score (nSPS) is 31.1. The molecule has 0 radical (unpaired) electrons. The lowest BCUT2D eigenvalue weighted by Gasteiger charge is -2.37. The molecule has 2 rings (SSSR count). The fraction of sp³-hybridized carbons (Fsp3) is 0.571. The highest BCUT2D eigenvalue weighted by molar-refractivity contribution is 6.24. The molecule has 0 heterocycles. The second-order valence-corrected chi connectivity index (χ2v) is 6.26. The minimum Gasteiger partial charge on any atom is -0.487 e. The molecular weight excluding hydrogens is 312 g/mol. The minimum atomic E-state index is -4.26. The molecule has 0 aliphatic heterocycles. The third kappa shape index (κ3) is 3.73. The monoisotopic (exact) mass is 326 g/mol. The Morgan fingerprint density at radius 2 is 1.75 bits per heavy atom. The van der Waals surface area contributed by atoms with Crippen LogP contribution in [0.5, 0.6) is 5.75 Å². The van der Waals surface area contributed by atoms with Gasteiger partial charge in [-0.25, -0.2) is 0 Å². The molecule has 0 saturated heterocycles. The molecule has 6 heteroatoms. The van der Waals surface area contributed by atoms with E-state index in [2.05, 4.69) is 0 Å². The van der Waals surface area contributed by atoms with Crippen molar-refractivity contribution >= 4 is 23.2 Å². The first-order valence-electron chi connectivity index (χ1n) is 6.35. The van der Waals surface area contributed by atoms with E-state index in [1.165, 1.54) is 0 Å². The first kappa shape index (κ1) is 15.8. The summed E-state index contributed by atoms with van der Waals surface area (Å²) in [6.07, 6.45) is -5.19. The Bertz CT molecular complexity index is 452. The van der Waals surface area contributed by atoms with E-state index in [0.717, 1.165) is 5.56 Å². The number of ether oxygens (including phenoxy) is 1. The predicted octanol–water partition coefficient (Wildman–Crippen LogP) is 4.93. The fourth-order valence-corrected chi connectivity index (χ4v) is 3.35. The summed E-state index contributed by atoms with van der Waals surface area (Å²) in [5.74, 6) is -0.874. The maximum atomic E-state index is 12.7. The summed E-state index contributed by atoms with van der Waals surface area (Å²) in [6, 6.07) is 7.28. The van der Waals surface area contributed by atoms with Gasteiger partial charge in [-0.15, -0.1) is 23.2 Å². The molecule has 1 fully saturated rings. The molecule has 0 bridgehead atoms. The highest BCUT2D eigenvalue weighted by atomic mass is 35.5. The minimum absolute atomic E-state index is 0.162. The van der Waals surface area contributed by atoms with Gasteiger partial charge in [0.1, 0.15) is 11.9 Å². The van der Waals surface area contributed by atoms with Crippen molar-refractivity contribution < 1.29 is 17.9 Å². The SMILES string of the molecule is Cc1cccc(OC2C(Cl)CC(C(F)(F)F)CC2Cl)c1. The van der Waals surface area contributed by atoms with Gasteiger partial charge in [-0.05, 0) is 37.5 Å². The molecule has 1 aromatic rings. The summed E-state index contributed by atoms with van der Waals surface area (Å²) in [5.41, 5.74) is 1.00. The van der Waals surface area contributed by atoms with E-state index in [1.807, 2.05) is 25.1 Å². The topological polar surface area (TPSA) is 9.23 Å². The molecule has 112 valence electrons. The Balaban J connectivity index is 2.07. The summed E-state index contributed by atoms with van der Waals surface area (Å²) in [4.78, 5) is 0. The zero-order valence-electron chi connectivity index (χ0n) is 10.8. The van der Waals surface area contributed by atoms with Crippen molar-refractivity contribution in [2.24, 2.45) is 5.92 Å². The lowest BCUT2D eigenvalue weighted by molar-refractivity contribution is -0.184. The van der Waals surface area contributed by atoms with Crippen LogP contribution in [-0.2, 0) is 0 Å². The lowest BCUT2D eigenvalue weighted by Crippen LogP contribution is -2.46. The van der Waals surface area contributed by atoms with Crippen molar-refractivity contribution in [3.05, 3.63) is 29.8 Å². The summed E-state index contributed by atoms with van der Waals surface area (Å²) in [6.45, 7) is 1.91. The van der Waals surface area contributed by atoms with Crippen LogP contribution >= 0.6 is 23.2 Å². The van der Waals surface area contributed by atoms with Gasteiger partial charge in [0.05, 0.1) is 16.7 Å². The highest BCUT2D eigenvalue weighted by Crippen LogP contribution is 2.42. The largest absolute Gasteiger partial charge is 0.487 e. The van der Waals surface area contributed by atoms with Crippen LogP contribution in [0.2, 0.25) is 0 Å². The summed E-state index contributed by atoms with van der Waals surface area (Å²) >= 11 is 12.1. The molecule has 1 aliphatic rings. The average molecular weight is 327 g/mol. The van der Waals surface area contributed by atoms with Gasteiger partial charge in [0.15, 0.2) is 0 Å². The summed E-state index contributed by atoms with van der Waals surface area (Å²) in [7, 11) is 0. The van der Waals surface area contributed by atoms with Gasteiger partial charge in [-0.2, -0.15) is 13.2 Å². The first-order valence-corrected chi connectivity index (χ1v) is 7.23. The van der Waals surface area contributed by atoms with Crippen LogP contribution in [0.25, 0.3) is 0 Å². The Labute approximate surface area is 126 Å². The molecule has 2 unspecified atom stereocenters. The smallest absolute Gasteiger partial charge is 0.391 e. The lowest BCUT2D eigenvalue weighted by atomic mass is 9.86. The molecule has 1 aromatic carbocycles. The Morgan fingerprint density at radius 1 is 1.15 bits per heavy atom. The van der Waals surface area contributed by atoms with E-state index in [9.17, 15) is 13.2 Å². The second kappa shape index (κ2) is 6.02. The van der Waals surface area contributed by atoms with Gasteiger partial charge in [0, 0.05) is 0 Å². The number of benzene rings is 1. The van der Waals surface area contributed by atoms with E-state index in [1.54, 1.807) is 6.07 Å². The number of hydrogen-bond acceptors (Lipinski definition) is 1. The molecule has 0 N–H and O–H groups in total. The number of aryl methyl sites for hydroxylation is 1. The van der Waals surface area contributed by atoms with Crippen molar-refractivity contribution in [2.75, 3.05) is 0 Å². The number of alkyl halides is 5. The van der Waals surface area contributed by atoms with Crippen LogP contribution in [0, 0.1) is 12.8 Å². The molecular formula is C14H15Cl2F3O. The number of rotatable bonds is 2. The van der Waals surface area contributed by atoms with Gasteiger partial charge >= 0.3 is 6.18 Å². The van der Waals surface area contributed by atoms with Crippen LogP contribution in [0.4, 0.5) is 13.2 Å². The van der Waals surface area contributed by atoms with Crippen LogP contribution in [-0.4, -0.2) is 23.0 Å². The van der Waals surface area contributed by atoms with Crippen molar-refractivity contribution in [3.63, 3.8) is 0 Å². The zero-order chi connectivity index (χ0) is 14.9. The standard InChI is InChI=1S/C14H15Cl2F3O/c1-8-3-2-4-10(5-8)20-13-11(15)6-9(7-12(13)16)14(17,18)19/h2-5,9,11-13H,6-7H2,1H3. The van der Waals surface area contributed by atoms with Gasteiger partial charge in [0.2, 0.25) is 0 Å². The fourth-order valence-electron chi connectivity index (χ4n) is 2.40. The predicted molar refractivity (Wildman–Crippen MR) is 73.7 cm³/mol. The average Bonchev–Trinajstić information content (AvgIpc) is 2.32. The van der Waals surface area contributed by atoms with E-state index >= 15 is 0 Å². The second-order valence-electron chi connectivity index (χ2n) is 5.14. The third-order valence-corrected chi connectivity index (χ3v) is 4.31. The third-order valence-electron chi connectivity index (χ3n) is 3.46. The summed E-state index contributed by atoms with van der Waals surface area (Å²) < 4.78 is 43.9. The van der Waals surface area contributed by atoms with Crippen molar-refractivity contribution in [1.82, 2.24) is 0 Å². The zero-order valence-corrected chi connectivity index (χ0v) is 12.3. The Hall–Kier alpha value is -0.610. The Morgan fingerprint density at radius 3 is 2.25 bits per heavy atom. The first-order chi connectivity index (χ1) is 9.27. The quantitative estimate of drug-likeness (QED) is 0.700. The van der Waals surface area contributed by atoms with E-state index < -0.39 is 29.0 Å². The van der Waals surface area contributed by atoms with Gasteiger partial charge in [-0.1, -0.05) is 12.1 Å². The van der Waals surface area contributed by atoms with E-state index in [0.29, 0.717) is 5.75 Å². The molecule has 0 amide bonds. The highest BCUT2D eigenvalue weighted by Gasteiger charge is 2.48. The molecule has 2 atom stereocenters. The molecule has 20 heavy (non-hydrogen) atoms. The molecule has 1 nitrogen and oxygen atoms in total. The van der Waals surface area contributed by atoms with Crippen molar-refractivity contribution in [2.45, 2.75) is 42.8 Å². The van der Waals surface area contributed by atoms with Crippen LogP contribution in [0.1, 0.15) is 18.4 Å². The van der Waals surface area contributed by atoms with E-state index in [-0.39, 0.29) is 12.8 Å². The number of halogens is 5. The molecule has 0 spiro atoms. The van der Waals surface area contributed by atoms with Gasteiger partial charge in [-0.3, -0.25) is 0 Å². The van der Waals surface area contributed by atoms with E-state index in [4.69, 9.17) is 27.9 Å². The molecule has 0 aromatic heterocycles. The van der Waals surface area contributed by atoms with Gasteiger partial charge in [0.25, 0.3) is 0 Å². The maximum absolute atomic E-state index is 12.7. The van der Waals surface area contributed by atoms with Crippen molar-refractivity contribution in [1.29, 1.82) is 0 Å². The maximum Gasteiger partial charge on any atom is 0.391 e. The van der Waals surface area contributed by atoms with Crippen LogP contribution < -0.4 is 4.74 Å². The Kier molecular flexibility index (Phi) is 4.75. The number of hydrogen-bond donors (Lipinski definition) is 0. The van der Waals surface area contributed by atoms with Crippen molar-refractivity contribution in [3.8, 4) is 5.75 Å². The van der Waals surface area contributed by atoms with Crippen LogP contribution in [0.3, 0.4) is 0 Å². The molecule has 1 aliphatic carbocycles. The summed E-state index contributed by atoms with van der Waals surface area (Å²) in [5, 5.41) is -1.50. The van der Waals surface area contributed by atoms with Crippen LogP contribution in [0.15, 0.2) is 24.3 Å². The molecule has 1 saturated carbocycles. The van der Waals surface area contributed by atoms with Gasteiger partial charge < -0.3 is 4.74 Å².